The van der Waals surface area contributed by atoms with E-state index in [1.807, 2.05) is 31.2 Å². The Hall–Kier alpha value is -1.31. The van der Waals surface area contributed by atoms with Crippen LogP contribution in [-0.4, -0.2) is 69.1 Å². The third-order valence-corrected chi connectivity index (χ3v) is 5.83. The molecule has 1 aromatic rings. The van der Waals surface area contributed by atoms with Crippen molar-refractivity contribution in [1.29, 1.82) is 0 Å². The molecule has 0 spiro atoms. The highest BCUT2D eigenvalue weighted by Crippen LogP contribution is 2.20. The standard InChI is InChI=1S/C17H26ClN3O3S/c1-3-4-8-21(25(2,23)24)14-17(22)20-11-9-19(10-12-20)16-7-5-6-15(18)13-16/h5-7,13H,3-4,8-12,14H2,1-2H3. The molecule has 6 nitrogen and oxygen atoms in total. The van der Waals surface area contributed by atoms with Gasteiger partial charge in [-0.15, -0.1) is 0 Å². The van der Waals surface area contributed by atoms with Crippen LogP contribution in [0.25, 0.3) is 0 Å². The average Bonchev–Trinajstić information content (AvgIpc) is 2.57. The van der Waals surface area contributed by atoms with E-state index in [4.69, 9.17) is 11.6 Å². The summed E-state index contributed by atoms with van der Waals surface area (Å²) < 4.78 is 25.0. The summed E-state index contributed by atoms with van der Waals surface area (Å²) in [5, 5.41) is 0.690. The van der Waals surface area contributed by atoms with Gasteiger partial charge in [0.2, 0.25) is 15.9 Å². The molecule has 0 bridgehead atoms. The Morgan fingerprint density at radius 2 is 1.92 bits per heavy atom. The molecule has 1 aliphatic rings. The molecule has 1 heterocycles. The van der Waals surface area contributed by atoms with Crippen molar-refractivity contribution in [3.8, 4) is 0 Å². The summed E-state index contributed by atoms with van der Waals surface area (Å²) in [6.07, 6.45) is 2.80. The first-order chi connectivity index (χ1) is 11.8. The molecule has 0 unspecified atom stereocenters. The maximum atomic E-state index is 12.5. The smallest absolute Gasteiger partial charge is 0.238 e. The van der Waals surface area contributed by atoms with Crippen molar-refractivity contribution in [2.24, 2.45) is 0 Å². The maximum absolute atomic E-state index is 12.5. The van der Waals surface area contributed by atoms with E-state index in [1.54, 1.807) is 4.90 Å². The highest BCUT2D eigenvalue weighted by atomic mass is 35.5. The van der Waals surface area contributed by atoms with Crippen LogP contribution in [0.15, 0.2) is 24.3 Å². The molecule has 1 aromatic carbocycles. The molecule has 1 fully saturated rings. The van der Waals surface area contributed by atoms with Gasteiger partial charge >= 0.3 is 0 Å². The average molecular weight is 388 g/mol. The Bertz CT molecular complexity index is 688. The summed E-state index contributed by atoms with van der Waals surface area (Å²) in [5.41, 5.74) is 1.04. The fraction of sp³-hybridized carbons (Fsp3) is 0.588. The number of nitrogens with zero attached hydrogens (tertiary/aromatic N) is 3. The predicted molar refractivity (Wildman–Crippen MR) is 102 cm³/mol. The Morgan fingerprint density at radius 3 is 2.48 bits per heavy atom. The molecule has 0 aliphatic carbocycles. The van der Waals surface area contributed by atoms with E-state index in [0.29, 0.717) is 37.7 Å². The number of halogens is 1. The number of hydrogen-bond acceptors (Lipinski definition) is 4. The second-order valence-electron chi connectivity index (χ2n) is 6.30. The molecular formula is C17H26ClN3O3S. The van der Waals surface area contributed by atoms with Crippen LogP contribution >= 0.6 is 11.6 Å². The molecule has 0 aromatic heterocycles. The molecule has 1 aliphatic heterocycles. The van der Waals surface area contributed by atoms with Crippen molar-refractivity contribution in [3.05, 3.63) is 29.3 Å². The topological polar surface area (TPSA) is 60.9 Å². The number of piperazine rings is 1. The van der Waals surface area contributed by atoms with E-state index < -0.39 is 10.0 Å². The monoisotopic (exact) mass is 387 g/mol. The molecule has 140 valence electrons. The first-order valence-corrected chi connectivity index (χ1v) is 10.8. The normalized spacial score (nSPS) is 15.7. The molecule has 25 heavy (non-hydrogen) atoms. The number of sulfonamides is 1. The zero-order valence-electron chi connectivity index (χ0n) is 14.8. The second kappa shape index (κ2) is 8.87. The van der Waals surface area contributed by atoms with E-state index in [0.717, 1.165) is 24.8 Å². The van der Waals surface area contributed by atoms with Gasteiger partial charge in [0.15, 0.2) is 0 Å². The van der Waals surface area contributed by atoms with E-state index >= 15 is 0 Å². The van der Waals surface area contributed by atoms with Crippen LogP contribution in [-0.2, 0) is 14.8 Å². The van der Waals surface area contributed by atoms with Crippen LogP contribution in [0.3, 0.4) is 0 Å². The van der Waals surface area contributed by atoms with Crippen LogP contribution in [0.1, 0.15) is 19.8 Å². The molecule has 1 saturated heterocycles. The summed E-state index contributed by atoms with van der Waals surface area (Å²) in [6, 6.07) is 7.66. The van der Waals surface area contributed by atoms with Gasteiger partial charge in [0.1, 0.15) is 0 Å². The summed E-state index contributed by atoms with van der Waals surface area (Å²) >= 11 is 6.03. The van der Waals surface area contributed by atoms with Crippen LogP contribution < -0.4 is 4.90 Å². The van der Waals surface area contributed by atoms with Gasteiger partial charge in [-0.2, -0.15) is 4.31 Å². The third-order valence-electron chi connectivity index (χ3n) is 4.35. The number of rotatable bonds is 7. The zero-order chi connectivity index (χ0) is 18.4. The second-order valence-corrected chi connectivity index (χ2v) is 8.72. The third kappa shape index (κ3) is 5.87. The van der Waals surface area contributed by atoms with E-state index in [2.05, 4.69) is 4.90 Å². The van der Waals surface area contributed by atoms with Gasteiger partial charge in [-0.1, -0.05) is 31.0 Å². The van der Waals surface area contributed by atoms with Gasteiger partial charge in [0.05, 0.1) is 12.8 Å². The van der Waals surface area contributed by atoms with Gasteiger partial charge < -0.3 is 9.80 Å². The van der Waals surface area contributed by atoms with E-state index in [1.165, 1.54) is 4.31 Å². The molecule has 0 N–H and O–H groups in total. The van der Waals surface area contributed by atoms with Crippen molar-refractivity contribution in [1.82, 2.24) is 9.21 Å². The Morgan fingerprint density at radius 1 is 1.24 bits per heavy atom. The Balaban J connectivity index is 1.91. The maximum Gasteiger partial charge on any atom is 0.238 e. The lowest BCUT2D eigenvalue weighted by molar-refractivity contribution is -0.131. The number of carbonyl (C=O) groups is 1. The number of carbonyl (C=O) groups excluding carboxylic acids is 1. The van der Waals surface area contributed by atoms with Crippen molar-refractivity contribution in [3.63, 3.8) is 0 Å². The zero-order valence-corrected chi connectivity index (χ0v) is 16.4. The van der Waals surface area contributed by atoms with E-state index in [-0.39, 0.29) is 12.5 Å². The van der Waals surface area contributed by atoms with Gasteiger partial charge in [-0.05, 0) is 24.6 Å². The van der Waals surface area contributed by atoms with Gasteiger partial charge in [-0.25, -0.2) is 8.42 Å². The molecule has 0 radical (unpaired) electrons. The van der Waals surface area contributed by atoms with Crippen LogP contribution in [0.2, 0.25) is 5.02 Å². The Labute approximate surface area is 155 Å². The minimum absolute atomic E-state index is 0.0734. The molecule has 0 atom stereocenters. The highest BCUT2D eigenvalue weighted by Gasteiger charge is 2.26. The summed E-state index contributed by atoms with van der Waals surface area (Å²) in [4.78, 5) is 16.4. The lowest BCUT2D eigenvalue weighted by Gasteiger charge is -2.37. The van der Waals surface area contributed by atoms with Gasteiger partial charge in [0, 0.05) is 43.4 Å². The molecule has 8 heteroatoms. The Kier molecular flexibility index (Phi) is 7.10. The first kappa shape index (κ1) is 20.0. The number of hydrogen-bond donors (Lipinski definition) is 0. The summed E-state index contributed by atoms with van der Waals surface area (Å²) in [7, 11) is -3.37. The predicted octanol–water partition coefficient (Wildman–Crippen LogP) is 2.05. The number of anilines is 1. The van der Waals surface area contributed by atoms with Crippen molar-refractivity contribution in [2.45, 2.75) is 19.8 Å². The largest absolute Gasteiger partial charge is 0.368 e. The SMILES string of the molecule is CCCCN(CC(=O)N1CCN(c2cccc(Cl)c2)CC1)S(C)(=O)=O. The fourth-order valence-corrected chi connectivity index (χ4v) is 3.82. The molecular weight excluding hydrogens is 362 g/mol. The minimum atomic E-state index is -3.37. The van der Waals surface area contributed by atoms with Crippen LogP contribution in [0.5, 0.6) is 0 Å². The van der Waals surface area contributed by atoms with E-state index in [9.17, 15) is 13.2 Å². The molecule has 1 amide bonds. The van der Waals surface area contributed by atoms with Crippen molar-refractivity contribution >= 4 is 33.2 Å². The van der Waals surface area contributed by atoms with Crippen molar-refractivity contribution < 1.29 is 13.2 Å². The van der Waals surface area contributed by atoms with Crippen molar-refractivity contribution in [2.75, 3.05) is 50.4 Å². The minimum Gasteiger partial charge on any atom is -0.368 e. The van der Waals surface area contributed by atoms with Gasteiger partial charge in [0.25, 0.3) is 0 Å². The highest BCUT2D eigenvalue weighted by molar-refractivity contribution is 7.88. The van der Waals surface area contributed by atoms with Gasteiger partial charge in [-0.3, -0.25) is 4.79 Å². The lowest BCUT2D eigenvalue weighted by Crippen LogP contribution is -2.51. The molecule has 2 rings (SSSR count). The fourth-order valence-electron chi connectivity index (χ4n) is 2.83. The summed E-state index contributed by atoms with van der Waals surface area (Å²) in [5.74, 6) is -0.132. The quantitative estimate of drug-likeness (QED) is 0.718. The number of unbranched alkanes of at least 4 members (excludes halogenated alkanes) is 1. The first-order valence-electron chi connectivity index (χ1n) is 8.54. The summed E-state index contributed by atoms with van der Waals surface area (Å²) in [6.45, 7) is 4.89. The number of benzene rings is 1. The van der Waals surface area contributed by atoms with Crippen LogP contribution in [0.4, 0.5) is 5.69 Å². The number of amides is 1. The molecule has 0 saturated carbocycles. The lowest BCUT2D eigenvalue weighted by atomic mass is 10.2. The van der Waals surface area contributed by atoms with Crippen LogP contribution in [0, 0.1) is 0 Å².